The van der Waals surface area contributed by atoms with Crippen molar-refractivity contribution >= 4 is 39.8 Å². The van der Waals surface area contributed by atoms with Crippen molar-refractivity contribution in [3.8, 4) is 0 Å². The SMILES string of the molecule is Cc1nc2c(C)ccc(Cl)c2c(N2CCNCC2)c1Cl. The van der Waals surface area contributed by atoms with Crippen LogP contribution in [0.25, 0.3) is 10.9 Å². The molecule has 0 aliphatic carbocycles. The lowest BCUT2D eigenvalue weighted by molar-refractivity contribution is 0.590. The Bertz CT molecular complexity index is 664. The fraction of sp³-hybridized carbons (Fsp3) is 0.400. The van der Waals surface area contributed by atoms with E-state index in [0.29, 0.717) is 10.0 Å². The standard InChI is InChI=1S/C15H17Cl2N3/c1-9-3-4-11(16)12-14(9)19-10(2)13(17)15(12)20-7-5-18-6-8-20/h3-4,18H,5-8H2,1-2H3. The zero-order valence-corrected chi connectivity index (χ0v) is 13.1. The van der Waals surface area contributed by atoms with Crippen molar-refractivity contribution in [3.05, 3.63) is 33.4 Å². The van der Waals surface area contributed by atoms with Crippen LogP contribution >= 0.6 is 23.2 Å². The van der Waals surface area contributed by atoms with E-state index in [2.05, 4.69) is 22.1 Å². The molecule has 0 amide bonds. The number of nitrogens with one attached hydrogen (secondary N) is 1. The summed E-state index contributed by atoms with van der Waals surface area (Å²) in [6.07, 6.45) is 0. The van der Waals surface area contributed by atoms with E-state index in [1.807, 2.05) is 19.1 Å². The van der Waals surface area contributed by atoms with Crippen molar-refractivity contribution in [1.82, 2.24) is 10.3 Å². The lowest BCUT2D eigenvalue weighted by Gasteiger charge is -2.31. The van der Waals surface area contributed by atoms with Crippen LogP contribution in [0.4, 0.5) is 5.69 Å². The van der Waals surface area contributed by atoms with Crippen LogP contribution in [0, 0.1) is 13.8 Å². The number of pyridine rings is 1. The van der Waals surface area contributed by atoms with E-state index in [9.17, 15) is 0 Å². The molecule has 3 nitrogen and oxygen atoms in total. The summed E-state index contributed by atoms with van der Waals surface area (Å²) in [6, 6.07) is 3.94. The number of rotatable bonds is 1. The van der Waals surface area contributed by atoms with Crippen molar-refractivity contribution in [3.63, 3.8) is 0 Å². The van der Waals surface area contributed by atoms with Crippen molar-refractivity contribution in [1.29, 1.82) is 0 Å². The number of hydrogen-bond donors (Lipinski definition) is 1. The topological polar surface area (TPSA) is 28.2 Å². The quantitative estimate of drug-likeness (QED) is 0.873. The second-order valence-corrected chi connectivity index (χ2v) is 5.97. The minimum atomic E-state index is 0.715. The Morgan fingerprint density at radius 1 is 1.15 bits per heavy atom. The van der Waals surface area contributed by atoms with Crippen LogP contribution in [0.2, 0.25) is 10.0 Å². The highest BCUT2D eigenvalue weighted by atomic mass is 35.5. The van der Waals surface area contributed by atoms with Gasteiger partial charge < -0.3 is 10.2 Å². The summed E-state index contributed by atoms with van der Waals surface area (Å²) in [4.78, 5) is 6.94. The van der Waals surface area contributed by atoms with Gasteiger partial charge in [-0.1, -0.05) is 29.3 Å². The number of piperazine rings is 1. The van der Waals surface area contributed by atoms with Crippen LogP contribution in [0.15, 0.2) is 12.1 Å². The second kappa shape index (κ2) is 5.40. The van der Waals surface area contributed by atoms with Crippen LogP contribution in [0.3, 0.4) is 0 Å². The number of aryl methyl sites for hydroxylation is 2. The minimum absolute atomic E-state index is 0.715. The third kappa shape index (κ3) is 2.24. The molecule has 0 spiro atoms. The van der Waals surface area contributed by atoms with Crippen LogP contribution in [-0.2, 0) is 0 Å². The summed E-state index contributed by atoms with van der Waals surface area (Å²) >= 11 is 13.0. The van der Waals surface area contributed by atoms with Crippen molar-refractivity contribution in [2.75, 3.05) is 31.1 Å². The van der Waals surface area contributed by atoms with E-state index in [4.69, 9.17) is 23.2 Å². The summed E-state index contributed by atoms with van der Waals surface area (Å²) in [7, 11) is 0. The number of aromatic nitrogens is 1. The summed E-state index contributed by atoms with van der Waals surface area (Å²) in [6.45, 7) is 7.80. The number of hydrogen-bond acceptors (Lipinski definition) is 3. The van der Waals surface area contributed by atoms with E-state index in [-0.39, 0.29) is 0 Å². The molecule has 1 fully saturated rings. The highest BCUT2D eigenvalue weighted by Crippen LogP contribution is 2.40. The Balaban J connectivity index is 2.32. The molecule has 0 radical (unpaired) electrons. The van der Waals surface area contributed by atoms with Gasteiger partial charge in [0.2, 0.25) is 0 Å². The Morgan fingerprint density at radius 3 is 2.55 bits per heavy atom. The predicted molar refractivity (Wildman–Crippen MR) is 86.3 cm³/mol. The zero-order valence-electron chi connectivity index (χ0n) is 11.6. The van der Waals surface area contributed by atoms with Gasteiger partial charge in [-0.2, -0.15) is 0 Å². The van der Waals surface area contributed by atoms with E-state index in [1.54, 1.807) is 0 Å². The monoisotopic (exact) mass is 309 g/mol. The fourth-order valence-corrected chi connectivity index (χ4v) is 3.22. The van der Waals surface area contributed by atoms with Crippen LogP contribution in [0.5, 0.6) is 0 Å². The number of nitrogens with zero attached hydrogens (tertiary/aromatic N) is 2. The molecule has 0 atom stereocenters. The molecular weight excluding hydrogens is 293 g/mol. The van der Waals surface area contributed by atoms with E-state index in [1.165, 1.54) is 0 Å². The zero-order chi connectivity index (χ0) is 14.3. The molecule has 106 valence electrons. The van der Waals surface area contributed by atoms with Crippen LogP contribution in [0.1, 0.15) is 11.3 Å². The van der Waals surface area contributed by atoms with Gasteiger partial charge in [0.05, 0.1) is 26.9 Å². The Kier molecular flexibility index (Phi) is 3.76. The maximum Gasteiger partial charge on any atom is 0.0859 e. The highest BCUT2D eigenvalue weighted by Gasteiger charge is 2.21. The molecule has 1 aromatic heterocycles. The summed E-state index contributed by atoms with van der Waals surface area (Å²) < 4.78 is 0. The first-order valence-electron chi connectivity index (χ1n) is 6.80. The third-order valence-corrected chi connectivity index (χ3v) is 4.57. The number of benzene rings is 1. The van der Waals surface area contributed by atoms with Crippen molar-refractivity contribution < 1.29 is 0 Å². The molecule has 1 aliphatic rings. The van der Waals surface area contributed by atoms with E-state index >= 15 is 0 Å². The molecule has 0 saturated carbocycles. The maximum atomic E-state index is 6.55. The van der Waals surface area contributed by atoms with E-state index < -0.39 is 0 Å². The van der Waals surface area contributed by atoms with Gasteiger partial charge in [0.25, 0.3) is 0 Å². The average Bonchev–Trinajstić information content (AvgIpc) is 2.46. The fourth-order valence-electron chi connectivity index (χ4n) is 2.72. The van der Waals surface area contributed by atoms with Gasteiger partial charge in [-0.25, -0.2) is 0 Å². The molecule has 0 unspecified atom stereocenters. The molecule has 20 heavy (non-hydrogen) atoms. The lowest BCUT2D eigenvalue weighted by atomic mass is 10.1. The largest absolute Gasteiger partial charge is 0.367 e. The molecule has 5 heteroatoms. The van der Waals surface area contributed by atoms with Crippen molar-refractivity contribution in [2.24, 2.45) is 0 Å². The minimum Gasteiger partial charge on any atom is -0.367 e. The first-order valence-corrected chi connectivity index (χ1v) is 7.55. The van der Waals surface area contributed by atoms with Gasteiger partial charge >= 0.3 is 0 Å². The van der Waals surface area contributed by atoms with Gasteiger partial charge in [-0.05, 0) is 25.5 Å². The Morgan fingerprint density at radius 2 is 1.85 bits per heavy atom. The third-order valence-electron chi connectivity index (χ3n) is 3.80. The van der Waals surface area contributed by atoms with Gasteiger partial charge in [0, 0.05) is 31.6 Å². The summed E-state index contributed by atoms with van der Waals surface area (Å²) in [5.74, 6) is 0. The molecule has 3 rings (SSSR count). The number of halogens is 2. The molecule has 1 aliphatic heterocycles. The van der Waals surface area contributed by atoms with Crippen molar-refractivity contribution in [2.45, 2.75) is 13.8 Å². The highest BCUT2D eigenvalue weighted by molar-refractivity contribution is 6.40. The molecule has 1 N–H and O–H groups in total. The molecule has 2 heterocycles. The maximum absolute atomic E-state index is 6.55. The van der Waals surface area contributed by atoms with Gasteiger partial charge in [0.15, 0.2) is 0 Å². The van der Waals surface area contributed by atoms with Crippen LogP contribution in [-0.4, -0.2) is 31.2 Å². The van der Waals surface area contributed by atoms with Gasteiger partial charge in [-0.3, -0.25) is 4.98 Å². The summed E-state index contributed by atoms with van der Waals surface area (Å²) in [5.41, 5.74) is 3.97. The molecule has 1 aromatic carbocycles. The average molecular weight is 310 g/mol. The molecule has 2 aromatic rings. The number of anilines is 1. The lowest BCUT2D eigenvalue weighted by Crippen LogP contribution is -2.43. The Hall–Kier alpha value is -1.03. The normalized spacial score (nSPS) is 15.9. The second-order valence-electron chi connectivity index (χ2n) is 5.18. The number of fused-ring (bicyclic) bond motifs is 1. The van der Waals surface area contributed by atoms with Gasteiger partial charge in [0.1, 0.15) is 0 Å². The molecule has 0 bridgehead atoms. The first-order chi connectivity index (χ1) is 9.59. The molecular formula is C15H17Cl2N3. The predicted octanol–water partition coefficient (Wildman–Crippen LogP) is 3.57. The first kappa shape index (κ1) is 13.9. The summed E-state index contributed by atoms with van der Waals surface area (Å²) in [5, 5.41) is 5.77. The molecule has 1 saturated heterocycles. The van der Waals surface area contributed by atoms with Gasteiger partial charge in [-0.15, -0.1) is 0 Å². The van der Waals surface area contributed by atoms with Crippen LogP contribution < -0.4 is 10.2 Å². The smallest absolute Gasteiger partial charge is 0.0859 e. The van der Waals surface area contributed by atoms with E-state index in [0.717, 1.165) is 54.0 Å². The Labute approximate surface area is 128 Å².